The smallest absolute Gasteiger partial charge is 0.175 e. The van der Waals surface area contributed by atoms with Crippen molar-refractivity contribution in [1.29, 1.82) is 0 Å². The van der Waals surface area contributed by atoms with Crippen LogP contribution in [0.3, 0.4) is 0 Å². The van der Waals surface area contributed by atoms with E-state index >= 15 is 0 Å². The average Bonchev–Trinajstić information content (AvgIpc) is 2.46. The Hall–Kier alpha value is -1.85. The molecule has 2 rings (SSSR count). The maximum atomic E-state index is 11.6. The van der Waals surface area contributed by atoms with Gasteiger partial charge in [-0.3, -0.25) is 0 Å². The number of rotatable bonds is 5. The van der Waals surface area contributed by atoms with Crippen molar-refractivity contribution < 1.29 is 13.2 Å². The van der Waals surface area contributed by atoms with E-state index in [0.717, 1.165) is 12.0 Å². The molecule has 0 heterocycles. The van der Waals surface area contributed by atoms with Crippen LogP contribution in [0.2, 0.25) is 0 Å². The molecule has 0 unspecified atom stereocenters. The van der Waals surface area contributed by atoms with Crippen LogP contribution < -0.4 is 10.5 Å². The van der Waals surface area contributed by atoms with Gasteiger partial charge in [0, 0.05) is 17.9 Å². The highest BCUT2D eigenvalue weighted by Gasteiger charge is 2.12. The zero-order valence-corrected chi connectivity index (χ0v) is 12.9. The summed E-state index contributed by atoms with van der Waals surface area (Å²) >= 11 is 0. The van der Waals surface area contributed by atoms with Gasteiger partial charge in [-0.05, 0) is 30.7 Å². The molecule has 0 fully saturated rings. The molecule has 0 bridgehead atoms. The Bertz CT molecular complexity index is 726. The van der Waals surface area contributed by atoms with Crippen LogP contribution >= 0.6 is 0 Å². The Labute approximate surface area is 125 Å². The molecule has 5 heteroatoms. The Balaban J connectivity index is 2.35. The second-order valence-electron chi connectivity index (χ2n) is 4.90. The van der Waals surface area contributed by atoms with Gasteiger partial charge in [-0.1, -0.05) is 31.2 Å². The van der Waals surface area contributed by atoms with E-state index < -0.39 is 9.84 Å². The molecular weight excluding hydrogens is 286 g/mol. The van der Waals surface area contributed by atoms with Crippen molar-refractivity contribution in [2.45, 2.75) is 24.3 Å². The van der Waals surface area contributed by atoms with Crippen molar-refractivity contribution in [3.8, 4) is 11.5 Å². The highest BCUT2D eigenvalue weighted by Crippen LogP contribution is 2.30. The standard InChI is InChI=1S/C16H19NO3S/c1-3-15(17)14-9-4-5-10-16(14)20-12-7-6-8-13(11-12)21(2,18)19/h4-11,15H,3,17H2,1-2H3/t15-/m0/s1. The van der Waals surface area contributed by atoms with Crippen molar-refractivity contribution >= 4 is 9.84 Å². The van der Waals surface area contributed by atoms with Gasteiger partial charge in [0.1, 0.15) is 11.5 Å². The SMILES string of the molecule is CC[C@H](N)c1ccccc1Oc1cccc(S(C)(=O)=O)c1. The van der Waals surface area contributed by atoms with Gasteiger partial charge in [0.25, 0.3) is 0 Å². The fraction of sp³-hybridized carbons (Fsp3) is 0.250. The minimum atomic E-state index is -3.25. The molecule has 2 N–H and O–H groups in total. The molecule has 0 aliphatic heterocycles. The van der Waals surface area contributed by atoms with Gasteiger partial charge in [0.15, 0.2) is 9.84 Å². The quantitative estimate of drug-likeness (QED) is 0.920. The molecule has 1 atom stereocenters. The molecule has 21 heavy (non-hydrogen) atoms. The molecule has 0 aliphatic carbocycles. The second kappa shape index (κ2) is 6.28. The van der Waals surface area contributed by atoms with E-state index in [1.54, 1.807) is 18.2 Å². The Morgan fingerprint density at radius 1 is 1.14 bits per heavy atom. The molecule has 0 saturated carbocycles. The van der Waals surface area contributed by atoms with Gasteiger partial charge in [0.2, 0.25) is 0 Å². The molecule has 0 saturated heterocycles. The lowest BCUT2D eigenvalue weighted by molar-refractivity contribution is 0.467. The summed E-state index contributed by atoms with van der Waals surface area (Å²) in [4.78, 5) is 0.234. The molecular formula is C16H19NO3S. The van der Waals surface area contributed by atoms with Gasteiger partial charge in [-0.25, -0.2) is 8.42 Å². The Morgan fingerprint density at radius 2 is 1.86 bits per heavy atom. The zero-order chi connectivity index (χ0) is 15.5. The van der Waals surface area contributed by atoms with E-state index in [1.165, 1.54) is 12.3 Å². The Kier molecular flexibility index (Phi) is 4.65. The van der Waals surface area contributed by atoms with Crippen molar-refractivity contribution in [1.82, 2.24) is 0 Å². The number of hydrogen-bond donors (Lipinski definition) is 1. The first-order chi connectivity index (χ1) is 9.91. The van der Waals surface area contributed by atoms with Crippen molar-refractivity contribution in [2.75, 3.05) is 6.26 Å². The summed E-state index contributed by atoms with van der Waals surface area (Å²) in [5.41, 5.74) is 6.98. The van der Waals surface area contributed by atoms with Crippen LogP contribution in [0.1, 0.15) is 24.9 Å². The number of sulfone groups is 1. The second-order valence-corrected chi connectivity index (χ2v) is 6.92. The van der Waals surface area contributed by atoms with Crippen molar-refractivity contribution in [2.24, 2.45) is 5.73 Å². The summed E-state index contributed by atoms with van der Waals surface area (Å²) in [5.74, 6) is 1.13. The van der Waals surface area contributed by atoms with Gasteiger partial charge in [-0.2, -0.15) is 0 Å². The third-order valence-electron chi connectivity index (χ3n) is 3.22. The lowest BCUT2D eigenvalue weighted by Crippen LogP contribution is -2.09. The van der Waals surface area contributed by atoms with Gasteiger partial charge in [0.05, 0.1) is 4.90 Å². The van der Waals surface area contributed by atoms with Gasteiger partial charge < -0.3 is 10.5 Å². The summed E-state index contributed by atoms with van der Waals surface area (Å²) in [6.45, 7) is 2.01. The monoisotopic (exact) mass is 305 g/mol. The summed E-state index contributed by atoms with van der Waals surface area (Å²) in [6, 6.07) is 13.9. The van der Waals surface area contributed by atoms with Gasteiger partial charge >= 0.3 is 0 Å². The molecule has 0 aromatic heterocycles. The molecule has 2 aromatic carbocycles. The number of ether oxygens (including phenoxy) is 1. The normalized spacial score (nSPS) is 12.9. The number of nitrogens with two attached hydrogens (primary N) is 1. The van der Waals surface area contributed by atoms with Gasteiger partial charge in [-0.15, -0.1) is 0 Å². The van der Waals surface area contributed by atoms with E-state index in [4.69, 9.17) is 10.5 Å². The fourth-order valence-electron chi connectivity index (χ4n) is 2.00. The van der Waals surface area contributed by atoms with Crippen LogP contribution in [0.25, 0.3) is 0 Å². The summed E-state index contributed by atoms with van der Waals surface area (Å²) < 4.78 is 29.0. The zero-order valence-electron chi connectivity index (χ0n) is 12.1. The number of hydrogen-bond acceptors (Lipinski definition) is 4. The van der Waals surface area contributed by atoms with Crippen LogP contribution in [-0.2, 0) is 9.84 Å². The predicted octanol–water partition coefficient (Wildman–Crippen LogP) is 3.29. The number of para-hydroxylation sites is 1. The number of benzene rings is 2. The Morgan fingerprint density at radius 3 is 2.52 bits per heavy atom. The largest absolute Gasteiger partial charge is 0.457 e. The summed E-state index contributed by atoms with van der Waals surface area (Å²) in [6.07, 6.45) is 1.97. The molecule has 0 radical (unpaired) electrons. The molecule has 0 aliphatic rings. The third kappa shape index (κ3) is 3.83. The maximum Gasteiger partial charge on any atom is 0.175 e. The van der Waals surface area contributed by atoms with E-state index in [-0.39, 0.29) is 10.9 Å². The maximum absolute atomic E-state index is 11.6. The summed E-state index contributed by atoms with van der Waals surface area (Å²) in [7, 11) is -3.25. The van der Waals surface area contributed by atoms with Crippen molar-refractivity contribution in [3.63, 3.8) is 0 Å². The van der Waals surface area contributed by atoms with E-state index in [1.807, 2.05) is 31.2 Å². The van der Waals surface area contributed by atoms with Crippen LogP contribution in [0, 0.1) is 0 Å². The van der Waals surface area contributed by atoms with E-state index in [9.17, 15) is 8.42 Å². The highest BCUT2D eigenvalue weighted by molar-refractivity contribution is 7.90. The van der Waals surface area contributed by atoms with E-state index in [2.05, 4.69) is 0 Å². The first kappa shape index (κ1) is 15.5. The fourth-order valence-corrected chi connectivity index (χ4v) is 2.65. The lowest BCUT2D eigenvalue weighted by Gasteiger charge is -2.15. The minimum absolute atomic E-state index is 0.112. The van der Waals surface area contributed by atoms with E-state index in [0.29, 0.717) is 11.5 Å². The summed E-state index contributed by atoms with van der Waals surface area (Å²) in [5, 5.41) is 0. The highest BCUT2D eigenvalue weighted by atomic mass is 32.2. The van der Waals surface area contributed by atoms with Crippen LogP contribution in [0.4, 0.5) is 0 Å². The molecule has 112 valence electrons. The first-order valence-electron chi connectivity index (χ1n) is 6.74. The van der Waals surface area contributed by atoms with Crippen LogP contribution in [0.5, 0.6) is 11.5 Å². The van der Waals surface area contributed by atoms with Crippen LogP contribution in [0.15, 0.2) is 53.4 Å². The average molecular weight is 305 g/mol. The first-order valence-corrected chi connectivity index (χ1v) is 8.63. The molecule has 0 amide bonds. The lowest BCUT2D eigenvalue weighted by atomic mass is 10.0. The molecule has 4 nitrogen and oxygen atoms in total. The minimum Gasteiger partial charge on any atom is -0.457 e. The molecule has 2 aromatic rings. The predicted molar refractivity (Wildman–Crippen MR) is 83.3 cm³/mol. The van der Waals surface area contributed by atoms with Crippen molar-refractivity contribution in [3.05, 3.63) is 54.1 Å². The molecule has 0 spiro atoms. The van der Waals surface area contributed by atoms with Crippen LogP contribution in [-0.4, -0.2) is 14.7 Å². The topological polar surface area (TPSA) is 69.4 Å². The third-order valence-corrected chi connectivity index (χ3v) is 4.33.